The van der Waals surface area contributed by atoms with Gasteiger partial charge in [0.05, 0.1) is 12.7 Å². The van der Waals surface area contributed by atoms with Crippen LogP contribution >= 0.6 is 0 Å². The maximum absolute atomic E-state index is 10.8. The highest BCUT2D eigenvalue weighted by Gasteiger charge is 2.20. The van der Waals surface area contributed by atoms with Crippen molar-refractivity contribution in [3.05, 3.63) is 48.0 Å². The van der Waals surface area contributed by atoms with E-state index in [4.69, 9.17) is 14.2 Å². The van der Waals surface area contributed by atoms with E-state index < -0.39 is 0 Å². The Hall–Kier alpha value is -1.65. The van der Waals surface area contributed by atoms with Crippen LogP contribution in [0.4, 0.5) is 0 Å². The monoisotopic (exact) mass is 290 g/mol. The molecular weight excluding hydrogens is 268 g/mol. The average Bonchev–Trinajstić information content (AvgIpc) is 2.52. The maximum atomic E-state index is 10.8. The molecular formula is C17H22O4. The van der Waals surface area contributed by atoms with E-state index in [1.165, 1.54) is 12.5 Å². The molecule has 4 nitrogen and oxygen atoms in total. The highest BCUT2D eigenvalue weighted by Crippen LogP contribution is 2.19. The van der Waals surface area contributed by atoms with E-state index in [1.807, 2.05) is 30.4 Å². The highest BCUT2D eigenvalue weighted by atomic mass is 16.7. The summed E-state index contributed by atoms with van der Waals surface area (Å²) in [6.07, 6.45) is 4.15. The fourth-order valence-electron chi connectivity index (χ4n) is 2.16. The molecule has 1 heterocycles. The van der Waals surface area contributed by atoms with Crippen LogP contribution in [0.5, 0.6) is 0 Å². The molecule has 1 aromatic rings. The van der Waals surface area contributed by atoms with Crippen LogP contribution in [0, 0.1) is 0 Å². The normalized spacial score (nSPS) is 22.8. The van der Waals surface area contributed by atoms with Crippen molar-refractivity contribution in [2.75, 3.05) is 13.2 Å². The summed E-state index contributed by atoms with van der Waals surface area (Å²) in [7, 11) is 0. The number of benzene rings is 1. The molecule has 0 bridgehead atoms. The first-order chi connectivity index (χ1) is 10.1. The molecule has 0 N–H and O–H groups in total. The topological polar surface area (TPSA) is 44.8 Å². The Balaban J connectivity index is 1.76. The summed E-state index contributed by atoms with van der Waals surface area (Å²) in [5.41, 5.74) is 1.24. The van der Waals surface area contributed by atoms with Crippen molar-refractivity contribution in [1.82, 2.24) is 0 Å². The Kier molecular flexibility index (Phi) is 5.96. The number of hydrogen-bond donors (Lipinski definition) is 0. The summed E-state index contributed by atoms with van der Waals surface area (Å²) in [4.78, 5) is 10.8. The first-order valence-electron chi connectivity index (χ1n) is 7.27. The summed E-state index contributed by atoms with van der Waals surface area (Å²) in [5, 5.41) is 0. The van der Waals surface area contributed by atoms with Gasteiger partial charge in [0, 0.05) is 12.8 Å². The largest absolute Gasteiger partial charge is 0.463 e. The van der Waals surface area contributed by atoms with Crippen LogP contribution in [0.2, 0.25) is 0 Å². The summed E-state index contributed by atoms with van der Waals surface area (Å²) < 4.78 is 16.5. The van der Waals surface area contributed by atoms with Crippen molar-refractivity contribution < 1.29 is 19.0 Å². The minimum absolute atomic E-state index is 0.129. The first-order valence-corrected chi connectivity index (χ1v) is 7.27. The smallest absolute Gasteiger partial charge is 0.302 e. The van der Waals surface area contributed by atoms with E-state index in [0.717, 1.165) is 6.42 Å². The van der Waals surface area contributed by atoms with Gasteiger partial charge in [0.25, 0.3) is 0 Å². The van der Waals surface area contributed by atoms with Gasteiger partial charge in [-0.2, -0.15) is 0 Å². The molecule has 3 atom stereocenters. The fraction of sp³-hybridized carbons (Fsp3) is 0.471. The van der Waals surface area contributed by atoms with E-state index in [2.05, 4.69) is 19.1 Å². The maximum Gasteiger partial charge on any atom is 0.302 e. The van der Waals surface area contributed by atoms with Crippen LogP contribution < -0.4 is 0 Å². The van der Waals surface area contributed by atoms with Crippen LogP contribution in [0.15, 0.2) is 42.5 Å². The predicted molar refractivity (Wildman–Crippen MR) is 79.9 cm³/mol. The van der Waals surface area contributed by atoms with Gasteiger partial charge in [-0.05, 0) is 18.1 Å². The van der Waals surface area contributed by atoms with E-state index in [9.17, 15) is 4.79 Å². The van der Waals surface area contributed by atoms with Gasteiger partial charge in [0.2, 0.25) is 0 Å². The summed E-state index contributed by atoms with van der Waals surface area (Å²) in [6.45, 7) is 4.37. The minimum Gasteiger partial charge on any atom is -0.463 e. The lowest BCUT2D eigenvalue weighted by Crippen LogP contribution is -2.31. The van der Waals surface area contributed by atoms with Gasteiger partial charge >= 0.3 is 5.97 Å². The van der Waals surface area contributed by atoms with Crippen molar-refractivity contribution in [1.29, 1.82) is 0 Å². The predicted octanol–water partition coefficient (Wildman–Crippen LogP) is 3.04. The van der Waals surface area contributed by atoms with Crippen molar-refractivity contribution in [2.24, 2.45) is 0 Å². The van der Waals surface area contributed by atoms with Crippen LogP contribution in [-0.4, -0.2) is 31.6 Å². The third-order valence-corrected chi connectivity index (χ3v) is 3.37. The second kappa shape index (κ2) is 7.96. The minimum atomic E-state index is -0.370. The van der Waals surface area contributed by atoms with Crippen LogP contribution in [0.3, 0.4) is 0 Å². The van der Waals surface area contributed by atoms with Gasteiger partial charge < -0.3 is 14.2 Å². The van der Waals surface area contributed by atoms with Crippen LogP contribution in [-0.2, 0) is 19.0 Å². The standard InChI is InChI=1S/C17H22O4/c1-13(15-7-4-3-5-8-15)11-20-17-10-6-9-16(21-17)12-19-14(2)18/h3-8,10,13,16-17H,9,11-12H2,1-2H3/t13-,16-,17+/m0/s1. The highest BCUT2D eigenvalue weighted by molar-refractivity contribution is 5.65. The quantitative estimate of drug-likeness (QED) is 0.596. The molecule has 114 valence electrons. The molecule has 1 aliphatic rings. The molecule has 0 aliphatic carbocycles. The molecule has 1 aromatic carbocycles. The van der Waals surface area contributed by atoms with Gasteiger partial charge in [-0.3, -0.25) is 4.79 Å². The molecule has 0 unspecified atom stereocenters. The van der Waals surface area contributed by atoms with Crippen LogP contribution in [0.1, 0.15) is 31.7 Å². The molecule has 0 fully saturated rings. The Morgan fingerprint density at radius 2 is 2.14 bits per heavy atom. The SMILES string of the molecule is CC(=O)OC[C@@H]1CC=C[C@H](OC[C@H](C)c2ccccc2)O1. The summed E-state index contributed by atoms with van der Waals surface area (Å²) in [6, 6.07) is 10.2. The number of carbonyl (C=O) groups excluding carboxylic acids is 1. The van der Waals surface area contributed by atoms with E-state index in [-0.39, 0.29) is 25.0 Å². The summed E-state index contributed by atoms with van der Waals surface area (Å²) in [5.74, 6) is 0.0142. The van der Waals surface area contributed by atoms with Gasteiger partial charge in [-0.15, -0.1) is 0 Å². The first kappa shape index (κ1) is 15.7. The molecule has 0 spiro atoms. The molecule has 21 heavy (non-hydrogen) atoms. The lowest BCUT2D eigenvalue weighted by atomic mass is 10.0. The van der Waals surface area contributed by atoms with Crippen molar-refractivity contribution in [2.45, 2.75) is 38.6 Å². The molecule has 2 rings (SSSR count). The van der Waals surface area contributed by atoms with Crippen molar-refractivity contribution in [3.8, 4) is 0 Å². The Bertz CT molecular complexity index is 469. The van der Waals surface area contributed by atoms with Gasteiger partial charge in [0.1, 0.15) is 6.61 Å². The van der Waals surface area contributed by atoms with Gasteiger partial charge in [-0.25, -0.2) is 0 Å². The zero-order valence-electron chi connectivity index (χ0n) is 12.5. The number of esters is 1. The Morgan fingerprint density at radius 1 is 1.38 bits per heavy atom. The molecule has 0 amide bonds. The number of hydrogen-bond acceptors (Lipinski definition) is 4. The molecule has 0 saturated heterocycles. The molecule has 4 heteroatoms. The molecule has 1 aliphatic heterocycles. The number of ether oxygens (including phenoxy) is 3. The third-order valence-electron chi connectivity index (χ3n) is 3.37. The molecule has 0 aromatic heterocycles. The number of carbonyl (C=O) groups is 1. The lowest BCUT2D eigenvalue weighted by molar-refractivity contribution is -0.171. The zero-order chi connectivity index (χ0) is 15.1. The second-order valence-electron chi connectivity index (χ2n) is 5.24. The van der Waals surface area contributed by atoms with Crippen molar-refractivity contribution >= 4 is 5.97 Å². The summed E-state index contributed by atoms with van der Waals surface area (Å²) >= 11 is 0. The fourth-order valence-corrected chi connectivity index (χ4v) is 2.16. The van der Waals surface area contributed by atoms with Crippen molar-refractivity contribution in [3.63, 3.8) is 0 Å². The van der Waals surface area contributed by atoms with Crippen LogP contribution in [0.25, 0.3) is 0 Å². The number of rotatable bonds is 6. The Morgan fingerprint density at radius 3 is 2.86 bits per heavy atom. The molecule has 0 radical (unpaired) electrons. The Labute approximate surface area is 125 Å². The van der Waals surface area contributed by atoms with Gasteiger partial charge in [0.15, 0.2) is 6.29 Å². The third kappa shape index (κ3) is 5.33. The van der Waals surface area contributed by atoms with Gasteiger partial charge in [-0.1, -0.05) is 43.3 Å². The van der Waals surface area contributed by atoms with E-state index in [1.54, 1.807) is 0 Å². The van der Waals surface area contributed by atoms with E-state index >= 15 is 0 Å². The average molecular weight is 290 g/mol. The molecule has 0 saturated carbocycles. The zero-order valence-corrected chi connectivity index (χ0v) is 12.5. The lowest BCUT2D eigenvalue weighted by Gasteiger charge is -2.26. The second-order valence-corrected chi connectivity index (χ2v) is 5.24. The van der Waals surface area contributed by atoms with E-state index in [0.29, 0.717) is 12.5 Å².